The smallest absolute Gasteiger partial charge is 0.317 e. The van der Waals surface area contributed by atoms with Crippen molar-refractivity contribution in [2.45, 2.75) is 6.18 Å². The third kappa shape index (κ3) is 3.41. The fraction of sp³-hybridized carbons (Fsp3) is 0.182. The Morgan fingerprint density at radius 1 is 1.29 bits per heavy atom. The van der Waals surface area contributed by atoms with Gasteiger partial charge in [0.2, 0.25) is 11.6 Å². The van der Waals surface area contributed by atoms with Crippen molar-refractivity contribution in [1.29, 1.82) is 0 Å². The Morgan fingerprint density at radius 2 is 1.92 bits per heavy atom. The Bertz CT molecular complexity index is 884. The summed E-state index contributed by atoms with van der Waals surface area (Å²) in [5.41, 5.74) is -4.04. The molecule has 2 rings (SSSR count). The minimum Gasteiger partial charge on any atom is -0.317 e. The molecule has 0 amide bonds. The van der Waals surface area contributed by atoms with Crippen LogP contribution in [0.3, 0.4) is 0 Å². The van der Waals surface area contributed by atoms with Crippen LogP contribution in [0.1, 0.15) is 5.69 Å². The van der Waals surface area contributed by atoms with Crippen molar-refractivity contribution < 1.29 is 18.1 Å². The lowest BCUT2D eigenvalue weighted by molar-refractivity contribution is -0.383. The van der Waals surface area contributed by atoms with E-state index < -0.39 is 34.0 Å². The number of hydrogen-bond acceptors (Lipinski definition) is 6. The number of nitrogens with zero attached hydrogens (tertiary/aromatic N) is 4. The lowest BCUT2D eigenvalue weighted by Crippen LogP contribution is -2.31. The van der Waals surface area contributed by atoms with E-state index in [1.165, 1.54) is 6.07 Å². The molecule has 0 aliphatic rings. The number of halogens is 5. The Morgan fingerprint density at radius 3 is 2.46 bits per heavy atom. The summed E-state index contributed by atoms with van der Waals surface area (Å²) >= 11 is 11.5. The highest BCUT2D eigenvalue weighted by atomic mass is 35.5. The van der Waals surface area contributed by atoms with Crippen LogP contribution >= 0.6 is 23.2 Å². The van der Waals surface area contributed by atoms with Crippen LogP contribution < -0.4 is 10.9 Å². The number of benzene rings is 1. The van der Waals surface area contributed by atoms with Crippen molar-refractivity contribution in [3.63, 3.8) is 0 Å². The first kappa shape index (κ1) is 17.9. The Hall–Kier alpha value is -2.40. The van der Waals surface area contributed by atoms with E-state index in [1.54, 1.807) is 0 Å². The number of anilines is 2. The van der Waals surface area contributed by atoms with Gasteiger partial charge in [0.05, 0.1) is 9.95 Å². The highest BCUT2D eigenvalue weighted by molar-refractivity contribution is 6.37. The van der Waals surface area contributed by atoms with Crippen molar-refractivity contribution in [3.05, 3.63) is 48.3 Å². The number of alkyl halides is 3. The molecule has 0 spiro atoms. The van der Waals surface area contributed by atoms with E-state index >= 15 is 0 Å². The van der Waals surface area contributed by atoms with Crippen LogP contribution in [0.5, 0.6) is 0 Å². The van der Waals surface area contributed by atoms with Crippen molar-refractivity contribution in [2.75, 3.05) is 5.32 Å². The third-order valence-corrected chi connectivity index (χ3v) is 3.32. The molecule has 0 unspecified atom stereocenters. The number of nitro benzene ring substituents is 1. The van der Waals surface area contributed by atoms with Crippen LogP contribution in [-0.4, -0.2) is 19.7 Å². The average molecular weight is 384 g/mol. The first-order chi connectivity index (χ1) is 11.0. The first-order valence-electron chi connectivity index (χ1n) is 5.93. The summed E-state index contributed by atoms with van der Waals surface area (Å²) < 4.78 is 38.3. The van der Waals surface area contributed by atoms with E-state index in [-0.39, 0.29) is 15.7 Å². The van der Waals surface area contributed by atoms with Crippen molar-refractivity contribution in [3.8, 4) is 0 Å². The molecule has 1 aromatic carbocycles. The summed E-state index contributed by atoms with van der Waals surface area (Å²) in [4.78, 5) is 21.9. The fourth-order valence-electron chi connectivity index (χ4n) is 1.69. The Balaban J connectivity index is 2.56. The normalized spacial score (nSPS) is 11.4. The molecule has 1 heterocycles. The van der Waals surface area contributed by atoms with E-state index in [0.717, 1.165) is 13.1 Å². The van der Waals surface area contributed by atoms with Crippen LogP contribution in [0, 0.1) is 10.1 Å². The van der Waals surface area contributed by atoms with Crippen molar-refractivity contribution in [2.24, 2.45) is 7.05 Å². The molecule has 24 heavy (non-hydrogen) atoms. The van der Waals surface area contributed by atoms with Gasteiger partial charge >= 0.3 is 6.18 Å². The molecular weight excluding hydrogens is 378 g/mol. The van der Waals surface area contributed by atoms with Crippen LogP contribution in [0.25, 0.3) is 0 Å². The van der Waals surface area contributed by atoms with Gasteiger partial charge in [-0.1, -0.05) is 23.2 Å². The highest BCUT2D eigenvalue weighted by Crippen LogP contribution is 2.37. The van der Waals surface area contributed by atoms with E-state index in [0.29, 0.717) is 4.57 Å². The van der Waals surface area contributed by atoms with Gasteiger partial charge in [0.25, 0.3) is 11.2 Å². The molecule has 1 aromatic heterocycles. The highest BCUT2D eigenvalue weighted by Gasteiger charge is 2.37. The number of nitro groups is 1. The maximum atomic E-state index is 12.6. The summed E-state index contributed by atoms with van der Waals surface area (Å²) in [5.74, 6) is -0.472. The van der Waals surface area contributed by atoms with Gasteiger partial charge in [0, 0.05) is 18.1 Å². The van der Waals surface area contributed by atoms with E-state index in [2.05, 4.69) is 15.5 Å². The van der Waals surface area contributed by atoms with Crippen LogP contribution in [-0.2, 0) is 13.2 Å². The molecule has 0 aliphatic carbocycles. The summed E-state index contributed by atoms with van der Waals surface area (Å²) in [7, 11) is 0.990. The fourth-order valence-corrected chi connectivity index (χ4v) is 2.22. The van der Waals surface area contributed by atoms with E-state index in [4.69, 9.17) is 23.2 Å². The van der Waals surface area contributed by atoms with Crippen molar-refractivity contribution in [1.82, 2.24) is 14.8 Å². The van der Waals surface area contributed by atoms with Gasteiger partial charge in [-0.05, 0) is 6.07 Å². The molecule has 0 fully saturated rings. The third-order valence-electron chi connectivity index (χ3n) is 2.81. The molecule has 0 saturated carbocycles. The largest absolute Gasteiger partial charge is 0.440 e. The minimum atomic E-state index is -4.98. The van der Waals surface area contributed by atoms with E-state index in [1.807, 2.05) is 0 Å². The molecule has 8 nitrogen and oxygen atoms in total. The number of rotatable bonds is 3. The number of aromatic nitrogens is 3. The monoisotopic (exact) mass is 383 g/mol. The molecule has 128 valence electrons. The first-order valence-corrected chi connectivity index (χ1v) is 6.69. The van der Waals surface area contributed by atoms with Gasteiger partial charge in [0.1, 0.15) is 5.69 Å². The predicted octanol–water partition coefficient (Wildman–Crippen LogP) is 3.15. The standard InChI is InChI=1S/C11H6Cl2F3N5O3/c1-20-9(22)8(11(14,15)16)18-19-10(20)17-7-5(13)2-4(12)3-6(7)21(23)24/h2-3H,1H3,(H,17,19). The second-order valence-electron chi connectivity index (χ2n) is 4.40. The van der Waals surface area contributed by atoms with Gasteiger partial charge in [0.15, 0.2) is 0 Å². The van der Waals surface area contributed by atoms with Gasteiger partial charge in [-0.2, -0.15) is 13.2 Å². The number of nitrogens with one attached hydrogen (secondary N) is 1. The lowest BCUT2D eigenvalue weighted by Gasteiger charge is -2.12. The van der Waals surface area contributed by atoms with E-state index in [9.17, 15) is 28.1 Å². The zero-order valence-electron chi connectivity index (χ0n) is 11.6. The molecule has 0 atom stereocenters. The molecule has 0 radical (unpaired) electrons. The Kier molecular flexibility index (Phi) is 4.67. The molecule has 0 aliphatic heterocycles. The molecule has 0 saturated heterocycles. The average Bonchev–Trinajstić information content (AvgIpc) is 2.44. The molecular formula is C11H6Cl2F3N5O3. The summed E-state index contributed by atoms with van der Waals surface area (Å²) in [5, 5.41) is 19.2. The maximum Gasteiger partial charge on any atom is 0.440 e. The molecule has 0 bridgehead atoms. The second kappa shape index (κ2) is 6.24. The second-order valence-corrected chi connectivity index (χ2v) is 5.24. The predicted molar refractivity (Wildman–Crippen MR) is 78.7 cm³/mol. The summed E-state index contributed by atoms with van der Waals surface area (Å²) in [6.07, 6.45) is -4.98. The van der Waals surface area contributed by atoms with Gasteiger partial charge < -0.3 is 5.32 Å². The van der Waals surface area contributed by atoms with Crippen LogP contribution in [0.15, 0.2) is 16.9 Å². The van der Waals surface area contributed by atoms with Gasteiger partial charge in [-0.3, -0.25) is 19.5 Å². The summed E-state index contributed by atoms with van der Waals surface area (Å²) in [6.45, 7) is 0. The molecule has 1 N–H and O–H groups in total. The topological polar surface area (TPSA) is 103 Å². The summed E-state index contributed by atoms with van der Waals surface area (Å²) in [6, 6.07) is 2.15. The van der Waals surface area contributed by atoms with Crippen LogP contribution in [0.4, 0.5) is 30.5 Å². The van der Waals surface area contributed by atoms with Crippen molar-refractivity contribution >= 4 is 40.5 Å². The SMILES string of the molecule is Cn1c(Nc2c(Cl)cc(Cl)cc2[N+](=O)[O-])nnc(C(F)(F)F)c1=O. The number of hydrogen-bond donors (Lipinski definition) is 1. The minimum absolute atomic E-state index is 0.0235. The maximum absolute atomic E-state index is 12.6. The zero-order chi connectivity index (χ0) is 18.2. The zero-order valence-corrected chi connectivity index (χ0v) is 13.1. The Labute approximate surface area is 141 Å². The van der Waals surface area contributed by atoms with Crippen LogP contribution in [0.2, 0.25) is 10.0 Å². The molecule has 13 heteroatoms. The van der Waals surface area contributed by atoms with Gasteiger partial charge in [-0.25, -0.2) is 0 Å². The van der Waals surface area contributed by atoms with Gasteiger partial charge in [-0.15, -0.1) is 10.2 Å². The quantitative estimate of drug-likeness (QED) is 0.644. The lowest BCUT2D eigenvalue weighted by atomic mass is 10.2. The molecule has 2 aromatic rings.